The number of benzene rings is 1. The molecule has 73 valence electrons. The second-order valence-electron chi connectivity index (χ2n) is 2.77. The molecule has 2 aromatic rings. The zero-order valence-corrected chi connectivity index (χ0v) is 8.91. The van der Waals surface area contributed by atoms with E-state index in [4.69, 9.17) is 5.26 Å². The summed E-state index contributed by atoms with van der Waals surface area (Å²) in [6.07, 6.45) is 0. The standard InChI is InChI=1S/C10H7NO3.Al/c12-10(14-13)9-6-5-7-3-1-2-4-8(7)11-9;/h1-6,13H;. The van der Waals surface area contributed by atoms with Gasteiger partial charge in [0.25, 0.3) is 0 Å². The van der Waals surface area contributed by atoms with Crippen LogP contribution in [0.3, 0.4) is 0 Å². The van der Waals surface area contributed by atoms with Crippen LogP contribution in [-0.2, 0) is 4.89 Å². The molecule has 1 heterocycles. The fourth-order valence-corrected chi connectivity index (χ4v) is 1.23. The fraction of sp³-hybridized carbons (Fsp3) is 0. The van der Waals surface area contributed by atoms with E-state index in [9.17, 15) is 4.79 Å². The predicted molar refractivity (Wildman–Crippen MR) is 55.5 cm³/mol. The van der Waals surface area contributed by atoms with Crippen LogP contribution in [0.2, 0.25) is 0 Å². The second-order valence-corrected chi connectivity index (χ2v) is 2.77. The normalized spacial score (nSPS) is 9.40. The Hall–Kier alpha value is -1.41. The molecule has 3 radical (unpaired) electrons. The Morgan fingerprint density at radius 1 is 1.20 bits per heavy atom. The average molecular weight is 216 g/mol. The van der Waals surface area contributed by atoms with Gasteiger partial charge in [-0.1, -0.05) is 24.3 Å². The number of fused-ring (bicyclic) bond motifs is 1. The monoisotopic (exact) mass is 216 g/mol. The molecule has 0 amide bonds. The Labute approximate surface area is 96.6 Å². The quantitative estimate of drug-likeness (QED) is 0.445. The first-order chi connectivity index (χ1) is 6.81. The molecular formula is C10H7AlNO3. The van der Waals surface area contributed by atoms with E-state index in [1.165, 1.54) is 6.07 Å². The van der Waals surface area contributed by atoms with Crippen molar-refractivity contribution in [1.82, 2.24) is 4.98 Å². The topological polar surface area (TPSA) is 59.4 Å². The molecule has 4 nitrogen and oxygen atoms in total. The summed E-state index contributed by atoms with van der Waals surface area (Å²) in [5, 5.41) is 9.10. The van der Waals surface area contributed by atoms with E-state index < -0.39 is 5.97 Å². The van der Waals surface area contributed by atoms with E-state index in [1.807, 2.05) is 18.2 Å². The van der Waals surface area contributed by atoms with Gasteiger partial charge in [0, 0.05) is 22.7 Å². The van der Waals surface area contributed by atoms with Gasteiger partial charge in [-0.3, -0.25) is 4.89 Å². The van der Waals surface area contributed by atoms with E-state index in [-0.39, 0.29) is 23.1 Å². The fourth-order valence-electron chi connectivity index (χ4n) is 1.23. The Bertz CT molecular complexity index is 487. The largest absolute Gasteiger partial charge is 0.390 e. The van der Waals surface area contributed by atoms with Crippen molar-refractivity contribution < 1.29 is 14.9 Å². The van der Waals surface area contributed by atoms with Gasteiger partial charge in [0.15, 0.2) is 5.69 Å². The van der Waals surface area contributed by atoms with Crippen molar-refractivity contribution >= 4 is 34.2 Å². The molecule has 1 N–H and O–H groups in total. The Morgan fingerprint density at radius 3 is 2.67 bits per heavy atom. The summed E-state index contributed by atoms with van der Waals surface area (Å²) >= 11 is 0. The Balaban J connectivity index is 0.00000112. The number of nitrogens with zero attached hydrogens (tertiary/aromatic N) is 1. The first kappa shape index (κ1) is 11.7. The minimum Gasteiger partial charge on any atom is -0.294 e. The first-order valence-electron chi connectivity index (χ1n) is 4.03. The van der Waals surface area contributed by atoms with Crippen molar-refractivity contribution in [2.45, 2.75) is 0 Å². The highest BCUT2D eigenvalue weighted by Crippen LogP contribution is 2.11. The van der Waals surface area contributed by atoms with Crippen LogP contribution in [0.5, 0.6) is 0 Å². The summed E-state index contributed by atoms with van der Waals surface area (Å²) in [5.41, 5.74) is 0.779. The van der Waals surface area contributed by atoms with Gasteiger partial charge in [0.2, 0.25) is 0 Å². The minimum absolute atomic E-state index is 0. The van der Waals surface area contributed by atoms with Gasteiger partial charge >= 0.3 is 5.97 Å². The number of para-hydroxylation sites is 1. The molecule has 0 aliphatic heterocycles. The highest BCUT2D eigenvalue weighted by Gasteiger charge is 2.08. The Kier molecular flexibility index (Phi) is 3.81. The molecule has 0 fully saturated rings. The van der Waals surface area contributed by atoms with E-state index in [2.05, 4.69) is 9.87 Å². The van der Waals surface area contributed by atoms with E-state index in [1.54, 1.807) is 12.1 Å². The maximum atomic E-state index is 10.9. The third-order valence-corrected chi connectivity index (χ3v) is 1.89. The molecule has 0 aliphatic rings. The van der Waals surface area contributed by atoms with Crippen molar-refractivity contribution in [2.24, 2.45) is 0 Å². The highest BCUT2D eigenvalue weighted by molar-refractivity contribution is 5.90. The number of rotatable bonds is 1. The highest BCUT2D eigenvalue weighted by atomic mass is 27.0. The number of pyridine rings is 1. The van der Waals surface area contributed by atoms with Gasteiger partial charge in [-0.15, -0.1) is 0 Å². The number of carbonyl (C=O) groups is 1. The molecule has 1 aromatic heterocycles. The van der Waals surface area contributed by atoms with Crippen molar-refractivity contribution in [2.75, 3.05) is 0 Å². The average Bonchev–Trinajstić information content (AvgIpc) is 2.27. The third kappa shape index (κ3) is 2.34. The van der Waals surface area contributed by atoms with Crippen LogP contribution in [0.4, 0.5) is 0 Å². The zero-order valence-electron chi connectivity index (χ0n) is 7.75. The molecule has 0 atom stereocenters. The van der Waals surface area contributed by atoms with Crippen molar-refractivity contribution in [3.63, 3.8) is 0 Å². The molecule has 0 saturated carbocycles. The summed E-state index contributed by atoms with van der Waals surface area (Å²) in [6.45, 7) is 0. The number of carbonyl (C=O) groups excluding carboxylic acids is 1. The van der Waals surface area contributed by atoms with Gasteiger partial charge in [-0.05, 0) is 12.1 Å². The van der Waals surface area contributed by atoms with Crippen molar-refractivity contribution in [3.05, 3.63) is 42.1 Å². The summed E-state index contributed by atoms with van der Waals surface area (Å²) < 4.78 is 0. The lowest BCUT2D eigenvalue weighted by atomic mass is 10.2. The van der Waals surface area contributed by atoms with Crippen LogP contribution in [0, 0.1) is 0 Å². The second kappa shape index (κ2) is 4.90. The smallest absolute Gasteiger partial charge is 0.294 e. The SMILES string of the molecule is O=C(OO)c1ccc2ccccc2n1.[Al]. The Morgan fingerprint density at radius 2 is 1.93 bits per heavy atom. The lowest BCUT2D eigenvalue weighted by Crippen LogP contribution is -2.04. The third-order valence-electron chi connectivity index (χ3n) is 1.89. The van der Waals surface area contributed by atoms with Crippen LogP contribution in [0.15, 0.2) is 36.4 Å². The maximum absolute atomic E-state index is 10.9. The number of hydrogen-bond donors (Lipinski definition) is 1. The molecule has 0 spiro atoms. The lowest BCUT2D eigenvalue weighted by molar-refractivity contribution is -0.183. The van der Waals surface area contributed by atoms with Gasteiger partial charge in [0.05, 0.1) is 5.52 Å². The summed E-state index contributed by atoms with van der Waals surface area (Å²) in [7, 11) is 0. The van der Waals surface area contributed by atoms with Crippen LogP contribution >= 0.6 is 0 Å². The van der Waals surface area contributed by atoms with Crippen LogP contribution in [-0.4, -0.2) is 33.6 Å². The summed E-state index contributed by atoms with van der Waals surface area (Å²) in [5.74, 6) is -0.851. The van der Waals surface area contributed by atoms with Crippen molar-refractivity contribution in [3.8, 4) is 0 Å². The summed E-state index contributed by atoms with van der Waals surface area (Å²) in [6, 6.07) is 10.6. The van der Waals surface area contributed by atoms with Crippen molar-refractivity contribution in [1.29, 1.82) is 0 Å². The van der Waals surface area contributed by atoms with Gasteiger partial charge in [-0.25, -0.2) is 9.78 Å². The van der Waals surface area contributed by atoms with Crippen LogP contribution < -0.4 is 0 Å². The molecular weight excluding hydrogens is 209 g/mol. The molecule has 0 unspecified atom stereocenters. The van der Waals surface area contributed by atoms with E-state index in [0.717, 1.165) is 5.39 Å². The van der Waals surface area contributed by atoms with Crippen LogP contribution in [0.1, 0.15) is 10.5 Å². The lowest BCUT2D eigenvalue weighted by Gasteiger charge is -1.98. The summed E-state index contributed by atoms with van der Waals surface area (Å²) in [4.78, 5) is 18.5. The van der Waals surface area contributed by atoms with E-state index >= 15 is 0 Å². The molecule has 5 heteroatoms. The van der Waals surface area contributed by atoms with Gasteiger partial charge < -0.3 is 0 Å². The van der Waals surface area contributed by atoms with Gasteiger partial charge in [-0.2, -0.15) is 5.26 Å². The predicted octanol–water partition coefficient (Wildman–Crippen LogP) is 1.48. The molecule has 1 aromatic carbocycles. The first-order valence-corrected chi connectivity index (χ1v) is 4.03. The zero-order chi connectivity index (χ0) is 9.97. The van der Waals surface area contributed by atoms with Gasteiger partial charge in [0.1, 0.15) is 0 Å². The van der Waals surface area contributed by atoms with Crippen LogP contribution in [0.25, 0.3) is 10.9 Å². The number of aromatic nitrogens is 1. The molecule has 0 bridgehead atoms. The molecule has 15 heavy (non-hydrogen) atoms. The molecule has 2 rings (SSSR count). The number of hydrogen-bond acceptors (Lipinski definition) is 4. The molecule has 0 saturated heterocycles. The van der Waals surface area contributed by atoms with E-state index in [0.29, 0.717) is 5.52 Å². The maximum Gasteiger partial charge on any atom is 0.390 e. The minimum atomic E-state index is -0.851. The molecule has 0 aliphatic carbocycles.